The van der Waals surface area contributed by atoms with E-state index in [1.54, 1.807) is 7.11 Å². The summed E-state index contributed by atoms with van der Waals surface area (Å²) in [5.74, 6) is 1.77. The van der Waals surface area contributed by atoms with Crippen LogP contribution in [0.25, 0.3) is 0 Å². The molecular weight excluding hydrogens is 374 g/mol. The van der Waals surface area contributed by atoms with Gasteiger partial charge in [-0.1, -0.05) is 30.3 Å². The van der Waals surface area contributed by atoms with Crippen LogP contribution >= 0.6 is 0 Å². The van der Waals surface area contributed by atoms with E-state index >= 15 is 0 Å². The highest BCUT2D eigenvalue weighted by atomic mass is 16.5. The smallest absolute Gasteiger partial charge is 0.191 e. The molecule has 1 aliphatic heterocycles. The largest absolute Gasteiger partial charge is 0.497 e. The van der Waals surface area contributed by atoms with Gasteiger partial charge in [-0.2, -0.15) is 0 Å². The highest BCUT2D eigenvalue weighted by molar-refractivity contribution is 5.80. The number of piperazine rings is 1. The molecule has 30 heavy (non-hydrogen) atoms. The van der Waals surface area contributed by atoms with E-state index in [1.807, 2.05) is 25.2 Å². The molecule has 0 radical (unpaired) electrons. The maximum Gasteiger partial charge on any atom is 0.191 e. The monoisotopic (exact) mass is 409 g/mol. The van der Waals surface area contributed by atoms with Crippen molar-refractivity contribution in [3.63, 3.8) is 0 Å². The maximum absolute atomic E-state index is 5.25. The van der Waals surface area contributed by atoms with Crippen molar-refractivity contribution in [2.45, 2.75) is 19.4 Å². The second-order valence-electron chi connectivity index (χ2n) is 7.66. The molecule has 162 valence electrons. The molecule has 1 atom stereocenters. The first kappa shape index (κ1) is 22.0. The van der Waals surface area contributed by atoms with E-state index in [-0.39, 0.29) is 6.04 Å². The molecule has 6 heteroatoms. The van der Waals surface area contributed by atoms with Crippen LogP contribution in [-0.4, -0.2) is 64.3 Å². The van der Waals surface area contributed by atoms with Gasteiger partial charge in [0.2, 0.25) is 0 Å². The fourth-order valence-corrected chi connectivity index (χ4v) is 3.76. The van der Waals surface area contributed by atoms with Crippen LogP contribution in [0.1, 0.15) is 24.9 Å². The Hall–Kier alpha value is -2.73. The lowest BCUT2D eigenvalue weighted by atomic mass is 10.1. The minimum Gasteiger partial charge on any atom is -0.497 e. The Kier molecular flexibility index (Phi) is 8.39. The van der Waals surface area contributed by atoms with E-state index in [4.69, 9.17) is 4.74 Å². The fraction of sp³-hybridized carbons (Fsp3) is 0.458. The Balaban J connectivity index is 1.33. The van der Waals surface area contributed by atoms with Gasteiger partial charge in [-0.25, -0.2) is 0 Å². The number of guanidine groups is 1. The number of hydrogen-bond donors (Lipinski definition) is 2. The minimum atomic E-state index is 0.225. The quantitative estimate of drug-likeness (QED) is 0.399. The molecule has 1 saturated heterocycles. The molecule has 2 N–H and O–H groups in total. The lowest BCUT2D eigenvalue weighted by Crippen LogP contribution is -2.47. The molecule has 2 aromatic rings. The summed E-state index contributed by atoms with van der Waals surface area (Å²) in [6, 6.07) is 19.0. The number of benzene rings is 2. The van der Waals surface area contributed by atoms with Gasteiger partial charge in [0, 0.05) is 45.5 Å². The number of rotatable bonds is 8. The van der Waals surface area contributed by atoms with Gasteiger partial charge >= 0.3 is 0 Å². The highest BCUT2D eigenvalue weighted by Crippen LogP contribution is 2.20. The van der Waals surface area contributed by atoms with Crippen molar-refractivity contribution < 1.29 is 4.74 Å². The summed E-state index contributed by atoms with van der Waals surface area (Å²) in [5, 5.41) is 6.91. The predicted molar refractivity (Wildman–Crippen MR) is 126 cm³/mol. The third-order valence-corrected chi connectivity index (χ3v) is 5.63. The molecule has 6 nitrogen and oxygen atoms in total. The lowest BCUT2D eigenvalue weighted by molar-refractivity contribution is 0.255. The van der Waals surface area contributed by atoms with Gasteiger partial charge < -0.3 is 20.3 Å². The molecule has 1 fully saturated rings. The standard InChI is InChI=1S/C24H35N5O/c1-20(21-8-5-4-6-9-21)27-24(25-2)26-14-7-15-28-16-18-29(19-17-28)22-10-12-23(30-3)13-11-22/h4-6,8-13,20H,7,14-19H2,1-3H3,(H2,25,26,27). The van der Waals surface area contributed by atoms with Crippen molar-refractivity contribution >= 4 is 11.6 Å². The number of ether oxygens (including phenoxy) is 1. The molecule has 1 aliphatic rings. The molecule has 2 aromatic carbocycles. The Morgan fingerprint density at radius 2 is 1.73 bits per heavy atom. The first-order valence-electron chi connectivity index (χ1n) is 10.8. The van der Waals surface area contributed by atoms with Crippen molar-refractivity contribution in [1.82, 2.24) is 15.5 Å². The van der Waals surface area contributed by atoms with Gasteiger partial charge in [-0.15, -0.1) is 0 Å². The van der Waals surface area contributed by atoms with Crippen molar-refractivity contribution in [2.24, 2.45) is 4.99 Å². The molecule has 0 spiro atoms. The number of hydrogen-bond acceptors (Lipinski definition) is 4. The average Bonchev–Trinajstić information content (AvgIpc) is 2.82. The number of nitrogens with one attached hydrogen (secondary N) is 2. The zero-order valence-electron chi connectivity index (χ0n) is 18.5. The number of nitrogens with zero attached hydrogens (tertiary/aromatic N) is 3. The lowest BCUT2D eigenvalue weighted by Gasteiger charge is -2.36. The van der Waals surface area contributed by atoms with E-state index in [2.05, 4.69) is 68.7 Å². The van der Waals surface area contributed by atoms with E-state index in [9.17, 15) is 0 Å². The van der Waals surface area contributed by atoms with Gasteiger partial charge in [0.15, 0.2) is 5.96 Å². The average molecular weight is 410 g/mol. The van der Waals surface area contributed by atoms with Crippen LogP contribution in [0.2, 0.25) is 0 Å². The normalized spacial score (nSPS) is 16.2. The molecule has 3 rings (SSSR count). The number of aliphatic imine (C=N–C) groups is 1. The first-order valence-corrected chi connectivity index (χ1v) is 10.8. The maximum atomic E-state index is 5.25. The summed E-state index contributed by atoms with van der Waals surface area (Å²) in [5.41, 5.74) is 2.54. The molecule has 1 heterocycles. The summed E-state index contributed by atoms with van der Waals surface area (Å²) < 4.78 is 5.25. The minimum absolute atomic E-state index is 0.225. The highest BCUT2D eigenvalue weighted by Gasteiger charge is 2.17. The van der Waals surface area contributed by atoms with E-state index in [0.29, 0.717) is 0 Å². The van der Waals surface area contributed by atoms with Crippen LogP contribution < -0.4 is 20.3 Å². The van der Waals surface area contributed by atoms with E-state index in [1.165, 1.54) is 11.3 Å². The van der Waals surface area contributed by atoms with Crippen molar-refractivity contribution in [3.05, 3.63) is 60.2 Å². The summed E-state index contributed by atoms with van der Waals surface area (Å²) in [6.45, 7) is 8.52. The van der Waals surface area contributed by atoms with Crippen molar-refractivity contribution in [3.8, 4) is 5.75 Å². The summed E-state index contributed by atoms with van der Waals surface area (Å²) in [4.78, 5) is 9.35. The molecule has 0 bridgehead atoms. The Morgan fingerprint density at radius 1 is 1.03 bits per heavy atom. The van der Waals surface area contributed by atoms with Gasteiger partial charge in [-0.3, -0.25) is 9.89 Å². The van der Waals surface area contributed by atoms with Crippen LogP contribution in [0.4, 0.5) is 5.69 Å². The second kappa shape index (κ2) is 11.5. The molecule has 0 amide bonds. The Labute approximate surface area is 180 Å². The SMILES string of the molecule is CN=C(NCCCN1CCN(c2ccc(OC)cc2)CC1)NC(C)c1ccccc1. The molecule has 0 aromatic heterocycles. The summed E-state index contributed by atoms with van der Waals surface area (Å²) in [6.07, 6.45) is 1.10. The van der Waals surface area contributed by atoms with Gasteiger partial charge in [-0.05, 0) is 49.7 Å². The zero-order chi connectivity index (χ0) is 21.2. The topological polar surface area (TPSA) is 52.1 Å². The van der Waals surface area contributed by atoms with Crippen LogP contribution in [0.15, 0.2) is 59.6 Å². The van der Waals surface area contributed by atoms with Crippen LogP contribution in [0.5, 0.6) is 5.75 Å². The Morgan fingerprint density at radius 3 is 2.37 bits per heavy atom. The summed E-state index contributed by atoms with van der Waals surface area (Å²) >= 11 is 0. The Bertz CT molecular complexity index is 770. The molecule has 0 saturated carbocycles. The third kappa shape index (κ3) is 6.39. The predicted octanol–water partition coefficient (Wildman–Crippen LogP) is 3.13. The third-order valence-electron chi connectivity index (χ3n) is 5.63. The van der Waals surface area contributed by atoms with Crippen molar-refractivity contribution in [1.29, 1.82) is 0 Å². The van der Waals surface area contributed by atoms with Gasteiger partial charge in [0.25, 0.3) is 0 Å². The number of methoxy groups -OCH3 is 1. The molecule has 0 aliphatic carbocycles. The van der Waals surface area contributed by atoms with E-state index < -0.39 is 0 Å². The van der Waals surface area contributed by atoms with Crippen LogP contribution in [-0.2, 0) is 0 Å². The van der Waals surface area contributed by atoms with Crippen LogP contribution in [0, 0.1) is 0 Å². The van der Waals surface area contributed by atoms with E-state index in [0.717, 1.165) is 57.4 Å². The first-order chi connectivity index (χ1) is 14.7. The van der Waals surface area contributed by atoms with Crippen LogP contribution in [0.3, 0.4) is 0 Å². The second-order valence-corrected chi connectivity index (χ2v) is 7.66. The van der Waals surface area contributed by atoms with Gasteiger partial charge in [0.05, 0.1) is 13.2 Å². The fourth-order valence-electron chi connectivity index (χ4n) is 3.76. The zero-order valence-corrected chi connectivity index (χ0v) is 18.5. The number of anilines is 1. The summed E-state index contributed by atoms with van der Waals surface area (Å²) in [7, 11) is 3.53. The van der Waals surface area contributed by atoms with Gasteiger partial charge in [0.1, 0.15) is 5.75 Å². The molecule has 1 unspecified atom stereocenters. The van der Waals surface area contributed by atoms with Crippen molar-refractivity contribution in [2.75, 3.05) is 58.3 Å². The molecular formula is C24H35N5O.